The fourth-order valence-corrected chi connectivity index (χ4v) is 6.54. The number of alkyl carbamates (subject to hydrolysis) is 1. The van der Waals surface area contributed by atoms with Crippen LogP contribution >= 0.6 is 0 Å². The lowest BCUT2D eigenvalue weighted by Crippen LogP contribution is -2.51. The first kappa shape index (κ1) is 31.7. The van der Waals surface area contributed by atoms with Gasteiger partial charge in [-0.25, -0.2) is 4.79 Å². The average molecular weight is 598 g/mol. The minimum absolute atomic E-state index is 0.000639. The SMILES string of the molecule is CC(C)N1CCC([C@@H](NCC(NC(=O)OC(C)(C)C)c2ccccc2)C(=O)OCC2c3ccccc3-c3ccccc32)CC1. The van der Waals surface area contributed by atoms with Crippen LogP contribution in [0.1, 0.15) is 76.1 Å². The van der Waals surface area contributed by atoms with Crippen LogP contribution in [0.3, 0.4) is 0 Å². The Balaban J connectivity index is 1.33. The van der Waals surface area contributed by atoms with Crippen molar-refractivity contribution in [3.8, 4) is 11.1 Å². The number of nitrogens with one attached hydrogen (secondary N) is 2. The lowest BCUT2D eigenvalue weighted by atomic mass is 9.88. The smallest absolute Gasteiger partial charge is 0.408 e. The van der Waals surface area contributed by atoms with Gasteiger partial charge in [-0.1, -0.05) is 78.9 Å². The lowest BCUT2D eigenvalue weighted by Gasteiger charge is -2.38. The summed E-state index contributed by atoms with van der Waals surface area (Å²) in [5.41, 5.74) is 5.13. The molecule has 0 saturated carbocycles. The van der Waals surface area contributed by atoms with E-state index in [1.54, 1.807) is 0 Å². The summed E-state index contributed by atoms with van der Waals surface area (Å²) in [4.78, 5) is 29.3. The standard InChI is InChI=1S/C37H47N3O4/c1-25(2)40-21-19-27(20-22-40)34(38-23-33(26-13-7-6-8-14-26)39-36(42)44-37(3,4)5)35(41)43-24-32-30-17-11-9-15-28(30)29-16-10-12-18-31(29)32/h6-18,25,27,32-34,38H,19-24H2,1-5H3,(H,39,42)/t33?,34-/m1/s1. The monoisotopic (exact) mass is 597 g/mol. The molecule has 5 rings (SSSR count). The van der Waals surface area contributed by atoms with Crippen molar-refractivity contribution in [3.05, 3.63) is 95.6 Å². The molecule has 3 aromatic carbocycles. The highest BCUT2D eigenvalue weighted by Gasteiger charge is 2.35. The molecule has 234 valence electrons. The molecule has 2 N–H and O–H groups in total. The molecule has 0 bridgehead atoms. The molecule has 2 aliphatic rings. The molecule has 1 aliphatic heterocycles. The number of fused-ring (bicyclic) bond motifs is 3. The van der Waals surface area contributed by atoms with Crippen molar-refractivity contribution in [3.63, 3.8) is 0 Å². The number of ether oxygens (including phenoxy) is 2. The Kier molecular flexibility index (Phi) is 10.1. The molecule has 1 fully saturated rings. The first-order chi connectivity index (χ1) is 21.1. The van der Waals surface area contributed by atoms with E-state index in [9.17, 15) is 9.59 Å². The summed E-state index contributed by atoms with van der Waals surface area (Å²) in [6.07, 6.45) is 1.31. The predicted molar refractivity (Wildman–Crippen MR) is 174 cm³/mol. The number of nitrogens with zero attached hydrogens (tertiary/aromatic N) is 1. The highest BCUT2D eigenvalue weighted by Crippen LogP contribution is 2.44. The first-order valence-corrected chi connectivity index (χ1v) is 16.0. The summed E-state index contributed by atoms with van der Waals surface area (Å²) in [7, 11) is 0. The zero-order valence-electron chi connectivity index (χ0n) is 26.7. The van der Waals surface area contributed by atoms with Crippen LogP contribution in [-0.2, 0) is 14.3 Å². The Bertz CT molecular complexity index is 1360. The quantitative estimate of drug-likeness (QED) is 0.254. The van der Waals surface area contributed by atoms with E-state index in [0.717, 1.165) is 31.5 Å². The Hall–Kier alpha value is -3.68. The molecule has 7 nitrogen and oxygen atoms in total. The van der Waals surface area contributed by atoms with Crippen LogP contribution in [0.4, 0.5) is 4.79 Å². The topological polar surface area (TPSA) is 79.9 Å². The Morgan fingerprint density at radius 3 is 2.00 bits per heavy atom. The van der Waals surface area contributed by atoms with Crippen molar-refractivity contribution in [2.75, 3.05) is 26.2 Å². The van der Waals surface area contributed by atoms with Crippen molar-refractivity contribution < 1.29 is 19.1 Å². The number of piperidine rings is 1. The van der Waals surface area contributed by atoms with E-state index < -0.39 is 17.7 Å². The Morgan fingerprint density at radius 2 is 1.43 bits per heavy atom. The van der Waals surface area contributed by atoms with Crippen LogP contribution in [0.2, 0.25) is 0 Å². The third-order valence-corrected chi connectivity index (χ3v) is 8.82. The van der Waals surface area contributed by atoms with Gasteiger partial charge in [-0.2, -0.15) is 0 Å². The summed E-state index contributed by atoms with van der Waals surface area (Å²) in [6.45, 7) is 12.5. The molecule has 1 saturated heterocycles. The van der Waals surface area contributed by atoms with E-state index in [2.05, 4.69) is 65.8 Å². The second-order valence-corrected chi connectivity index (χ2v) is 13.3. The number of likely N-dealkylation sites (tertiary alicyclic amines) is 1. The fourth-order valence-electron chi connectivity index (χ4n) is 6.54. The van der Waals surface area contributed by atoms with Gasteiger partial charge in [-0.15, -0.1) is 0 Å². The molecular weight excluding hydrogens is 550 g/mol. The van der Waals surface area contributed by atoms with E-state index in [0.29, 0.717) is 12.6 Å². The number of amides is 1. The molecule has 0 spiro atoms. The summed E-state index contributed by atoms with van der Waals surface area (Å²) >= 11 is 0. The summed E-state index contributed by atoms with van der Waals surface area (Å²) in [6, 6.07) is 26.2. The zero-order valence-corrected chi connectivity index (χ0v) is 26.7. The number of rotatable bonds is 10. The third kappa shape index (κ3) is 7.69. The fraction of sp³-hybridized carbons (Fsp3) is 0.459. The number of carbonyl (C=O) groups is 2. The van der Waals surface area contributed by atoms with Crippen LogP contribution in [0.5, 0.6) is 0 Å². The average Bonchev–Trinajstić information content (AvgIpc) is 3.33. The van der Waals surface area contributed by atoms with Crippen LogP contribution in [-0.4, -0.2) is 60.9 Å². The third-order valence-electron chi connectivity index (χ3n) is 8.82. The van der Waals surface area contributed by atoms with Gasteiger partial charge >= 0.3 is 12.1 Å². The van der Waals surface area contributed by atoms with Crippen LogP contribution in [0.15, 0.2) is 78.9 Å². The van der Waals surface area contributed by atoms with Gasteiger partial charge in [0.2, 0.25) is 0 Å². The second-order valence-electron chi connectivity index (χ2n) is 13.3. The van der Waals surface area contributed by atoms with Crippen LogP contribution < -0.4 is 10.6 Å². The van der Waals surface area contributed by atoms with Gasteiger partial charge in [-0.3, -0.25) is 4.79 Å². The van der Waals surface area contributed by atoms with Crippen LogP contribution in [0, 0.1) is 5.92 Å². The molecule has 1 amide bonds. The minimum Gasteiger partial charge on any atom is -0.464 e. The summed E-state index contributed by atoms with van der Waals surface area (Å²) < 4.78 is 11.8. The predicted octanol–water partition coefficient (Wildman–Crippen LogP) is 6.69. The van der Waals surface area contributed by atoms with Crippen molar-refractivity contribution in [1.29, 1.82) is 0 Å². The van der Waals surface area contributed by atoms with Gasteiger partial charge in [0.25, 0.3) is 0 Å². The van der Waals surface area contributed by atoms with Crippen molar-refractivity contribution in [2.24, 2.45) is 5.92 Å². The van der Waals surface area contributed by atoms with Gasteiger partial charge < -0.3 is 25.0 Å². The normalized spacial score (nSPS) is 17.0. The molecule has 1 heterocycles. The van der Waals surface area contributed by atoms with Gasteiger partial charge in [-0.05, 0) is 94.3 Å². The molecule has 2 atom stereocenters. The van der Waals surface area contributed by atoms with E-state index in [-0.39, 0.29) is 30.5 Å². The molecule has 3 aromatic rings. The number of esters is 1. The minimum atomic E-state index is -0.618. The van der Waals surface area contributed by atoms with Crippen molar-refractivity contribution in [2.45, 2.75) is 77.1 Å². The number of hydrogen-bond donors (Lipinski definition) is 2. The van der Waals surface area contributed by atoms with E-state index in [4.69, 9.17) is 9.47 Å². The molecule has 0 aromatic heterocycles. The number of carbonyl (C=O) groups excluding carboxylic acids is 2. The molecule has 1 unspecified atom stereocenters. The van der Waals surface area contributed by atoms with E-state index in [1.165, 1.54) is 22.3 Å². The van der Waals surface area contributed by atoms with Crippen molar-refractivity contribution >= 4 is 12.1 Å². The van der Waals surface area contributed by atoms with Gasteiger partial charge in [0, 0.05) is 18.5 Å². The maximum absolute atomic E-state index is 14.0. The highest BCUT2D eigenvalue weighted by atomic mass is 16.6. The Labute approximate surface area is 262 Å². The maximum Gasteiger partial charge on any atom is 0.408 e. The van der Waals surface area contributed by atoms with Crippen molar-refractivity contribution in [1.82, 2.24) is 15.5 Å². The summed E-state index contributed by atoms with van der Waals surface area (Å²) in [5, 5.41) is 6.57. The lowest BCUT2D eigenvalue weighted by molar-refractivity contribution is -0.148. The molecule has 7 heteroatoms. The van der Waals surface area contributed by atoms with E-state index >= 15 is 0 Å². The number of hydrogen-bond acceptors (Lipinski definition) is 6. The van der Waals surface area contributed by atoms with E-state index in [1.807, 2.05) is 63.2 Å². The summed E-state index contributed by atoms with van der Waals surface area (Å²) in [5.74, 6) is -0.113. The molecule has 0 radical (unpaired) electrons. The molecular formula is C37H47N3O4. The first-order valence-electron chi connectivity index (χ1n) is 16.0. The van der Waals surface area contributed by atoms with Gasteiger partial charge in [0.15, 0.2) is 0 Å². The van der Waals surface area contributed by atoms with Gasteiger partial charge in [0.05, 0.1) is 6.04 Å². The molecule has 1 aliphatic carbocycles. The highest BCUT2D eigenvalue weighted by molar-refractivity contribution is 5.80. The van der Waals surface area contributed by atoms with Crippen LogP contribution in [0.25, 0.3) is 11.1 Å². The van der Waals surface area contributed by atoms with Gasteiger partial charge in [0.1, 0.15) is 18.2 Å². The molecule has 44 heavy (non-hydrogen) atoms. The maximum atomic E-state index is 14.0. The largest absolute Gasteiger partial charge is 0.464 e. The second kappa shape index (κ2) is 14.0. The zero-order chi connectivity index (χ0) is 31.3. The Morgan fingerprint density at radius 1 is 0.864 bits per heavy atom. The number of benzene rings is 3.